The molecule has 3 aromatic rings. The lowest BCUT2D eigenvalue weighted by Crippen LogP contribution is -2.41. The van der Waals surface area contributed by atoms with Gasteiger partial charge in [0, 0.05) is 48.5 Å². The summed E-state index contributed by atoms with van der Waals surface area (Å²) in [6.45, 7) is 3.82. The number of nitrogens with zero attached hydrogens (tertiary/aromatic N) is 5. The molecule has 7 heteroatoms. The normalized spacial score (nSPS) is 16.8. The quantitative estimate of drug-likeness (QED) is 0.645. The third kappa shape index (κ3) is 4.39. The van der Waals surface area contributed by atoms with Crippen LogP contribution in [-0.4, -0.2) is 39.1 Å². The van der Waals surface area contributed by atoms with Crippen LogP contribution < -0.4 is 9.64 Å². The van der Waals surface area contributed by atoms with Gasteiger partial charge in [0.1, 0.15) is 11.9 Å². The number of anilines is 1. The summed E-state index contributed by atoms with van der Waals surface area (Å²) in [5.41, 5.74) is 2.00. The van der Waals surface area contributed by atoms with Gasteiger partial charge in [-0.05, 0) is 37.5 Å². The van der Waals surface area contributed by atoms with Gasteiger partial charge in [-0.1, -0.05) is 18.5 Å². The number of aromatic nitrogens is 4. The van der Waals surface area contributed by atoms with Gasteiger partial charge in [-0.25, -0.2) is 15.0 Å². The van der Waals surface area contributed by atoms with Crippen molar-refractivity contribution in [2.45, 2.75) is 32.3 Å². The molecule has 0 aliphatic carbocycles. The van der Waals surface area contributed by atoms with E-state index in [2.05, 4.69) is 27.9 Å². The highest BCUT2D eigenvalue weighted by atomic mass is 35.5. The second kappa shape index (κ2) is 8.52. The highest BCUT2D eigenvalue weighted by molar-refractivity contribution is 6.30. The van der Waals surface area contributed by atoms with Gasteiger partial charge in [0.25, 0.3) is 0 Å². The number of hydrogen-bond acceptors (Lipinski definition) is 6. The number of aryl methyl sites for hydroxylation is 1. The van der Waals surface area contributed by atoms with Gasteiger partial charge >= 0.3 is 0 Å². The summed E-state index contributed by atoms with van der Waals surface area (Å²) >= 11 is 5.91. The van der Waals surface area contributed by atoms with Crippen LogP contribution in [0.4, 0.5) is 5.82 Å². The van der Waals surface area contributed by atoms with Crippen LogP contribution in [0.15, 0.2) is 48.9 Å². The average Bonchev–Trinajstić information content (AvgIpc) is 2.76. The smallest absolute Gasteiger partial charge is 0.213 e. The third-order valence-corrected chi connectivity index (χ3v) is 4.98. The number of rotatable bonds is 5. The Labute approximate surface area is 169 Å². The van der Waals surface area contributed by atoms with E-state index < -0.39 is 0 Å². The van der Waals surface area contributed by atoms with Crippen LogP contribution in [-0.2, 0) is 6.42 Å². The van der Waals surface area contributed by atoms with Crippen molar-refractivity contribution in [2.24, 2.45) is 0 Å². The van der Waals surface area contributed by atoms with E-state index in [1.54, 1.807) is 24.7 Å². The fourth-order valence-electron chi connectivity index (χ4n) is 3.30. The molecule has 0 spiro atoms. The molecule has 0 bridgehead atoms. The Bertz CT molecular complexity index is 920. The molecule has 0 aromatic carbocycles. The van der Waals surface area contributed by atoms with Gasteiger partial charge in [0.2, 0.25) is 5.88 Å². The summed E-state index contributed by atoms with van der Waals surface area (Å²) in [6.07, 6.45) is 8.08. The second-order valence-corrected chi connectivity index (χ2v) is 7.21. The van der Waals surface area contributed by atoms with Gasteiger partial charge in [-0.3, -0.25) is 4.98 Å². The van der Waals surface area contributed by atoms with Crippen LogP contribution in [0, 0.1) is 0 Å². The van der Waals surface area contributed by atoms with E-state index in [0.717, 1.165) is 55.3 Å². The minimum atomic E-state index is 0.0619. The molecule has 1 saturated heterocycles. The molecule has 28 heavy (non-hydrogen) atoms. The largest absolute Gasteiger partial charge is 0.472 e. The zero-order valence-corrected chi connectivity index (χ0v) is 16.5. The molecule has 144 valence electrons. The summed E-state index contributed by atoms with van der Waals surface area (Å²) in [7, 11) is 0. The van der Waals surface area contributed by atoms with Crippen molar-refractivity contribution in [3.63, 3.8) is 0 Å². The average molecular weight is 396 g/mol. The van der Waals surface area contributed by atoms with Crippen molar-refractivity contribution < 1.29 is 4.74 Å². The van der Waals surface area contributed by atoms with E-state index in [-0.39, 0.29) is 6.10 Å². The SMILES string of the molecule is CCc1cc(N2CCCC(Oc3ccc(Cl)cn3)C2)nc(-c2ccncc2)n1. The molecule has 4 rings (SSSR count). The first-order valence-electron chi connectivity index (χ1n) is 9.53. The third-order valence-electron chi connectivity index (χ3n) is 4.76. The van der Waals surface area contributed by atoms with Crippen LogP contribution in [0.5, 0.6) is 5.88 Å². The first-order valence-corrected chi connectivity index (χ1v) is 9.90. The fourth-order valence-corrected chi connectivity index (χ4v) is 3.41. The predicted molar refractivity (Wildman–Crippen MR) is 110 cm³/mol. The van der Waals surface area contributed by atoms with E-state index in [4.69, 9.17) is 26.3 Å². The highest BCUT2D eigenvalue weighted by Crippen LogP contribution is 2.25. The van der Waals surface area contributed by atoms with Crippen LogP contribution in [0.1, 0.15) is 25.5 Å². The van der Waals surface area contributed by atoms with Crippen LogP contribution in [0.25, 0.3) is 11.4 Å². The first kappa shape index (κ1) is 18.6. The topological polar surface area (TPSA) is 64.0 Å². The number of halogens is 1. The van der Waals surface area contributed by atoms with E-state index in [9.17, 15) is 0 Å². The molecule has 0 amide bonds. The maximum atomic E-state index is 6.07. The van der Waals surface area contributed by atoms with Crippen LogP contribution in [0.3, 0.4) is 0 Å². The van der Waals surface area contributed by atoms with Gasteiger partial charge in [0.05, 0.1) is 11.6 Å². The molecule has 3 aromatic heterocycles. The number of pyridine rings is 2. The molecule has 1 aliphatic rings. The molecule has 1 aliphatic heterocycles. The summed E-state index contributed by atoms with van der Waals surface area (Å²) in [6, 6.07) is 9.56. The molecule has 0 N–H and O–H groups in total. The Hall–Kier alpha value is -2.73. The molecule has 4 heterocycles. The lowest BCUT2D eigenvalue weighted by atomic mass is 10.1. The molecule has 0 radical (unpaired) electrons. The molecular formula is C21H22ClN5O. The Balaban J connectivity index is 1.55. The zero-order valence-electron chi connectivity index (χ0n) is 15.8. The van der Waals surface area contributed by atoms with Crippen LogP contribution in [0.2, 0.25) is 5.02 Å². The number of piperidine rings is 1. The van der Waals surface area contributed by atoms with Gasteiger partial charge in [-0.15, -0.1) is 0 Å². The molecule has 6 nitrogen and oxygen atoms in total. The van der Waals surface area contributed by atoms with Gasteiger partial charge < -0.3 is 9.64 Å². The second-order valence-electron chi connectivity index (χ2n) is 6.77. The Morgan fingerprint density at radius 3 is 2.79 bits per heavy atom. The Morgan fingerprint density at radius 1 is 1.18 bits per heavy atom. The van der Waals surface area contributed by atoms with Crippen molar-refractivity contribution in [3.05, 3.63) is 59.6 Å². The molecule has 1 atom stereocenters. The highest BCUT2D eigenvalue weighted by Gasteiger charge is 2.23. The van der Waals surface area contributed by atoms with E-state index in [1.807, 2.05) is 18.2 Å². The maximum absolute atomic E-state index is 6.07. The van der Waals surface area contributed by atoms with E-state index >= 15 is 0 Å². The monoisotopic (exact) mass is 395 g/mol. The summed E-state index contributed by atoms with van der Waals surface area (Å²) < 4.78 is 6.07. The van der Waals surface area contributed by atoms with Crippen molar-refractivity contribution in [1.82, 2.24) is 19.9 Å². The number of ether oxygens (including phenoxy) is 1. The summed E-state index contributed by atoms with van der Waals surface area (Å²) in [5, 5.41) is 0.606. The van der Waals surface area contributed by atoms with E-state index in [0.29, 0.717) is 10.9 Å². The zero-order chi connectivity index (χ0) is 19.3. The minimum Gasteiger partial charge on any atom is -0.472 e. The molecule has 0 saturated carbocycles. The lowest BCUT2D eigenvalue weighted by molar-refractivity contribution is 0.172. The standard InChI is InChI=1S/C21H22ClN5O/c1-2-17-12-19(26-21(25-17)15-7-9-23-10-8-15)27-11-3-4-18(14-27)28-20-6-5-16(22)13-24-20/h5-10,12-13,18H,2-4,11,14H2,1H3. The molecule has 1 unspecified atom stereocenters. The van der Waals surface area contributed by atoms with Gasteiger partial charge in [-0.2, -0.15) is 0 Å². The predicted octanol–water partition coefficient (Wildman–Crippen LogP) is 4.20. The minimum absolute atomic E-state index is 0.0619. The van der Waals surface area contributed by atoms with Crippen molar-refractivity contribution in [3.8, 4) is 17.3 Å². The van der Waals surface area contributed by atoms with Gasteiger partial charge in [0.15, 0.2) is 5.82 Å². The van der Waals surface area contributed by atoms with Crippen molar-refractivity contribution in [1.29, 1.82) is 0 Å². The maximum Gasteiger partial charge on any atom is 0.213 e. The number of hydrogen-bond donors (Lipinski definition) is 0. The van der Waals surface area contributed by atoms with E-state index in [1.165, 1.54) is 0 Å². The first-order chi connectivity index (χ1) is 13.7. The van der Waals surface area contributed by atoms with Crippen molar-refractivity contribution in [2.75, 3.05) is 18.0 Å². The summed E-state index contributed by atoms with van der Waals surface area (Å²) in [4.78, 5) is 20.1. The Morgan fingerprint density at radius 2 is 2.04 bits per heavy atom. The lowest BCUT2D eigenvalue weighted by Gasteiger charge is -2.33. The summed E-state index contributed by atoms with van der Waals surface area (Å²) in [5.74, 6) is 2.28. The van der Waals surface area contributed by atoms with Crippen LogP contribution >= 0.6 is 11.6 Å². The Kier molecular flexibility index (Phi) is 5.67. The van der Waals surface area contributed by atoms with Crippen molar-refractivity contribution >= 4 is 17.4 Å². The fraction of sp³-hybridized carbons (Fsp3) is 0.333. The molecule has 1 fully saturated rings. The molecular weight excluding hydrogens is 374 g/mol.